The Morgan fingerprint density at radius 3 is 1.84 bits per heavy atom. The van der Waals surface area contributed by atoms with E-state index >= 15 is 0 Å². The van der Waals surface area contributed by atoms with Gasteiger partial charge in [-0.3, -0.25) is 18.6 Å². The van der Waals surface area contributed by atoms with Crippen LogP contribution in [0.3, 0.4) is 0 Å². The summed E-state index contributed by atoms with van der Waals surface area (Å²) in [5.41, 5.74) is 4.87. The van der Waals surface area contributed by atoms with Gasteiger partial charge in [-0.25, -0.2) is 0 Å². The summed E-state index contributed by atoms with van der Waals surface area (Å²) in [6.45, 7) is 23.5. The van der Waals surface area contributed by atoms with Crippen LogP contribution in [0.2, 0.25) is 0 Å². The van der Waals surface area contributed by atoms with Gasteiger partial charge in [0.25, 0.3) is 0 Å². The second-order valence-corrected chi connectivity index (χ2v) is 2.84. The van der Waals surface area contributed by atoms with Crippen molar-refractivity contribution >= 4 is 12.2 Å². The first-order valence-corrected chi connectivity index (χ1v) is 5.90. The normalized spacial score (nSPS) is 9.16. The van der Waals surface area contributed by atoms with Crippen LogP contribution in [0.5, 0.6) is 0 Å². The first-order valence-electron chi connectivity index (χ1n) is 5.90. The summed E-state index contributed by atoms with van der Waals surface area (Å²) in [6.07, 6.45) is 2.76. The Bertz CT molecular complexity index is 172. The Morgan fingerprint density at radius 1 is 1.26 bits per heavy atom. The zero-order valence-electron chi connectivity index (χ0n) is 12.0. The van der Waals surface area contributed by atoms with E-state index in [1.807, 2.05) is 0 Å². The molecule has 0 aliphatic heterocycles. The zero-order valence-corrected chi connectivity index (χ0v) is 12.0. The topological polar surface area (TPSA) is 74.3 Å². The first kappa shape index (κ1) is 26.1. The number of nitrogens with two attached hydrogens (primary N) is 1. The minimum Gasteiger partial charge on any atom is -0.650 e. The van der Waals surface area contributed by atoms with E-state index in [0.29, 0.717) is 19.3 Å². The first-order chi connectivity index (χ1) is 9.03. The molecule has 0 aromatic rings. The molecular formula is C15H28N2O2. The molecule has 0 aliphatic rings. The van der Waals surface area contributed by atoms with Gasteiger partial charge < -0.3 is 15.8 Å². The smallest absolute Gasteiger partial charge is 0.216 e. The van der Waals surface area contributed by atoms with Gasteiger partial charge in [-0.1, -0.05) is 6.04 Å². The lowest BCUT2D eigenvalue weighted by molar-refractivity contribution is -0.120. The van der Waals surface area contributed by atoms with E-state index in [-0.39, 0.29) is 6.42 Å². The lowest BCUT2D eigenvalue weighted by atomic mass is 10.2. The molecule has 0 aromatic carbocycles. The van der Waals surface area contributed by atoms with E-state index in [2.05, 4.69) is 53.1 Å². The molecule has 1 atom stereocenters. The number of rotatable bonds is 6. The molecule has 0 spiro atoms. The summed E-state index contributed by atoms with van der Waals surface area (Å²) < 4.78 is 0. The third-order valence-electron chi connectivity index (χ3n) is 1.09. The Hall–Kier alpha value is -1.55. The van der Waals surface area contributed by atoms with Crippen LogP contribution in [0, 0.1) is 34.6 Å². The summed E-state index contributed by atoms with van der Waals surface area (Å²) in [5.74, 6) is -0.505. The van der Waals surface area contributed by atoms with Crippen LogP contribution < -0.4 is 5.73 Å². The van der Waals surface area contributed by atoms with Crippen LogP contribution in [0.25, 0.3) is 5.32 Å². The van der Waals surface area contributed by atoms with Crippen molar-refractivity contribution in [3.63, 3.8) is 0 Å². The molecule has 1 amide bonds. The van der Waals surface area contributed by atoms with Gasteiger partial charge in [-0.15, -0.1) is 19.7 Å². The van der Waals surface area contributed by atoms with Crippen molar-refractivity contribution in [2.24, 2.45) is 5.73 Å². The predicted octanol–water partition coefficient (Wildman–Crippen LogP) is 2.92. The quantitative estimate of drug-likeness (QED) is 0.457. The molecule has 0 radical (unpaired) electrons. The largest absolute Gasteiger partial charge is 0.650 e. The van der Waals surface area contributed by atoms with Crippen molar-refractivity contribution in [3.05, 3.63) is 53.1 Å². The van der Waals surface area contributed by atoms with Gasteiger partial charge in [0.05, 0.1) is 13.3 Å². The fourth-order valence-electron chi connectivity index (χ4n) is 0.619. The highest BCUT2D eigenvalue weighted by Crippen LogP contribution is 2.02. The van der Waals surface area contributed by atoms with Crippen LogP contribution >= 0.6 is 0 Å². The van der Waals surface area contributed by atoms with Gasteiger partial charge in [0.15, 0.2) is 0 Å². The predicted molar refractivity (Wildman–Crippen MR) is 83.8 cm³/mol. The number of carbonyl (C=O) groups excluding carboxylic acids is 2. The summed E-state index contributed by atoms with van der Waals surface area (Å²) >= 11 is 0. The van der Waals surface area contributed by atoms with Gasteiger partial charge >= 0.3 is 0 Å². The number of primary amides is 1. The van der Waals surface area contributed by atoms with Crippen LogP contribution in [-0.4, -0.2) is 24.8 Å². The molecule has 0 aliphatic carbocycles. The van der Waals surface area contributed by atoms with E-state index in [9.17, 15) is 9.59 Å². The average molecular weight is 268 g/mol. The van der Waals surface area contributed by atoms with Crippen molar-refractivity contribution in [2.75, 3.05) is 6.54 Å². The van der Waals surface area contributed by atoms with Crippen LogP contribution in [0.15, 0.2) is 13.2 Å². The van der Waals surface area contributed by atoms with Crippen molar-refractivity contribution < 1.29 is 9.59 Å². The van der Waals surface area contributed by atoms with Crippen molar-refractivity contribution in [2.45, 2.75) is 31.7 Å². The standard InChI is InChI=1S/C7H12N2O2.2C3H6.C2H4/c1-2-3-9-6(5-10)4-7(8)11;2*1-3-2;1-2/h5-6H,1-4H2,(H2,8,11);2*1-3H2;1-2H2/t6-;;;/m1.../s1. The third-order valence-corrected chi connectivity index (χ3v) is 1.09. The number of hydrogen-bond donors (Lipinski definition) is 1. The molecule has 0 aromatic heterocycles. The van der Waals surface area contributed by atoms with Crippen molar-refractivity contribution in [1.82, 2.24) is 0 Å². The maximum atomic E-state index is 10.3. The van der Waals surface area contributed by atoms with Gasteiger partial charge in [-0.05, 0) is 12.8 Å². The Kier molecular flexibility index (Phi) is 41.1. The fourth-order valence-corrected chi connectivity index (χ4v) is 0.619. The van der Waals surface area contributed by atoms with E-state index in [1.54, 1.807) is 0 Å². The van der Waals surface area contributed by atoms with Gasteiger partial charge in [0.1, 0.15) is 6.29 Å². The molecule has 0 bridgehead atoms. The van der Waals surface area contributed by atoms with Gasteiger partial charge in [0, 0.05) is 20.3 Å². The third kappa shape index (κ3) is 48.1. The van der Waals surface area contributed by atoms with Crippen molar-refractivity contribution in [3.8, 4) is 0 Å². The van der Waals surface area contributed by atoms with Gasteiger partial charge in [0.2, 0.25) is 5.91 Å². The van der Waals surface area contributed by atoms with Crippen LogP contribution in [-0.2, 0) is 9.59 Å². The SMILES string of the molecule is C=C.[CH2+]CC[N-][C@@H](C=O)CC(N)=O.[CH2+]C[CH2-].[CH2+]C[CH2-]. The highest BCUT2D eigenvalue weighted by molar-refractivity contribution is 5.79. The highest BCUT2D eigenvalue weighted by Gasteiger charge is 1.99. The number of hydrogen-bond acceptors (Lipinski definition) is 2. The molecular weight excluding hydrogens is 240 g/mol. The monoisotopic (exact) mass is 268 g/mol. The lowest BCUT2D eigenvalue weighted by Crippen LogP contribution is -2.21. The molecule has 2 N–H and O–H groups in total. The molecule has 19 heavy (non-hydrogen) atoms. The molecule has 110 valence electrons. The number of amides is 1. The number of carbonyl (C=O) groups is 2. The van der Waals surface area contributed by atoms with Crippen LogP contribution in [0.4, 0.5) is 0 Å². The van der Waals surface area contributed by atoms with E-state index in [0.717, 1.165) is 12.8 Å². The second-order valence-electron chi connectivity index (χ2n) is 2.84. The van der Waals surface area contributed by atoms with Gasteiger partial charge in [-0.2, -0.15) is 0 Å². The Morgan fingerprint density at radius 2 is 1.63 bits per heavy atom. The minimum atomic E-state index is -0.575. The number of nitrogens with zero attached hydrogens (tertiary/aromatic N) is 1. The molecule has 0 heterocycles. The van der Waals surface area contributed by atoms with E-state index in [4.69, 9.17) is 5.73 Å². The summed E-state index contributed by atoms with van der Waals surface area (Å²) in [5, 5.41) is 3.87. The Labute approximate surface area is 119 Å². The molecule has 0 unspecified atom stereocenters. The minimum absolute atomic E-state index is 0.00347. The highest BCUT2D eigenvalue weighted by atomic mass is 16.1. The molecule has 0 fully saturated rings. The molecule has 4 nitrogen and oxygen atoms in total. The molecule has 4 heteroatoms. The second kappa shape index (κ2) is 30.0. The van der Waals surface area contributed by atoms with Crippen molar-refractivity contribution in [1.29, 1.82) is 0 Å². The lowest BCUT2D eigenvalue weighted by Gasteiger charge is -2.22. The van der Waals surface area contributed by atoms with E-state index in [1.165, 1.54) is 0 Å². The maximum absolute atomic E-state index is 10.3. The summed E-state index contributed by atoms with van der Waals surface area (Å²) in [4.78, 5) is 20.5. The molecule has 0 saturated heterocycles. The zero-order chi connectivity index (χ0) is 16.1. The number of aldehydes is 1. The molecule has 0 rings (SSSR count). The summed E-state index contributed by atoms with van der Waals surface area (Å²) in [7, 11) is 0. The Balaban J connectivity index is -0.000000117. The summed E-state index contributed by atoms with van der Waals surface area (Å²) in [6, 6.07) is -0.575. The fraction of sp³-hybridized carbons (Fsp3) is 0.400. The molecule has 0 saturated carbocycles. The van der Waals surface area contributed by atoms with E-state index < -0.39 is 11.9 Å². The average Bonchev–Trinajstić information content (AvgIpc) is 2.38. The van der Waals surface area contributed by atoms with Crippen LogP contribution in [0.1, 0.15) is 25.7 Å². The maximum Gasteiger partial charge on any atom is 0.216 e.